The molecule has 0 aliphatic carbocycles. The van der Waals surface area contributed by atoms with Crippen molar-refractivity contribution < 1.29 is 19.1 Å². The Bertz CT molecular complexity index is 1260. The molecule has 3 aromatic rings. The number of rotatable bonds is 9. The summed E-state index contributed by atoms with van der Waals surface area (Å²) in [6, 6.07) is 0. The minimum atomic E-state index is -0.439. The zero-order chi connectivity index (χ0) is 26.0. The van der Waals surface area contributed by atoms with Gasteiger partial charge in [-0.05, 0) is 49.0 Å². The van der Waals surface area contributed by atoms with Crippen LogP contribution in [0.15, 0.2) is 10.8 Å². The number of nitrogens with one attached hydrogen (secondary N) is 1. The SMILES string of the molecule is CCOC(=O)c1sc(N2CC[C@@H](CC(=O)c3[nH]c(C)c(Br)c3Cl)[C@@H](OCC)C2)nc1-c1ncnn1C. The van der Waals surface area contributed by atoms with Crippen LogP contribution in [-0.4, -0.2) is 68.9 Å². The van der Waals surface area contributed by atoms with Gasteiger partial charge in [-0.2, -0.15) is 5.10 Å². The van der Waals surface area contributed by atoms with Gasteiger partial charge in [-0.3, -0.25) is 4.79 Å². The third-order valence-corrected chi connectivity index (χ3v) is 8.82. The van der Waals surface area contributed by atoms with E-state index in [4.69, 9.17) is 26.1 Å². The number of ketones is 1. The van der Waals surface area contributed by atoms with E-state index in [2.05, 4.69) is 35.9 Å². The molecule has 1 N–H and O–H groups in total. The smallest absolute Gasteiger partial charge is 0.350 e. The molecule has 194 valence electrons. The lowest BCUT2D eigenvalue weighted by molar-refractivity contribution is 0.0103. The molecule has 36 heavy (non-hydrogen) atoms. The van der Waals surface area contributed by atoms with Gasteiger partial charge in [-0.25, -0.2) is 19.4 Å². The van der Waals surface area contributed by atoms with Crippen LogP contribution >= 0.6 is 38.9 Å². The Kier molecular flexibility index (Phi) is 8.48. The Morgan fingerprint density at radius 2 is 2.11 bits per heavy atom. The predicted octanol–water partition coefficient (Wildman–Crippen LogP) is 4.67. The maximum Gasteiger partial charge on any atom is 0.350 e. The molecule has 0 unspecified atom stereocenters. The zero-order valence-electron chi connectivity index (χ0n) is 20.5. The minimum absolute atomic E-state index is 0.0230. The molecule has 1 aliphatic rings. The number of hydrogen-bond acceptors (Lipinski definition) is 9. The molecule has 4 rings (SSSR count). The number of Topliss-reactive ketones (excluding diaryl/α,β-unsaturated/α-hetero) is 1. The van der Waals surface area contributed by atoms with Gasteiger partial charge in [0.1, 0.15) is 22.6 Å². The molecule has 1 fully saturated rings. The van der Waals surface area contributed by atoms with Gasteiger partial charge in [-0.1, -0.05) is 22.9 Å². The van der Waals surface area contributed by atoms with Crippen LogP contribution in [0.1, 0.15) is 52.5 Å². The third kappa shape index (κ3) is 5.36. The molecule has 0 amide bonds. The van der Waals surface area contributed by atoms with Crippen molar-refractivity contribution in [2.24, 2.45) is 13.0 Å². The first-order valence-corrected chi connectivity index (χ1v) is 13.7. The summed E-state index contributed by atoms with van der Waals surface area (Å²) in [5.41, 5.74) is 1.69. The zero-order valence-corrected chi connectivity index (χ0v) is 23.7. The fourth-order valence-electron chi connectivity index (χ4n) is 4.32. The largest absolute Gasteiger partial charge is 0.462 e. The van der Waals surface area contributed by atoms with E-state index < -0.39 is 5.97 Å². The number of carbonyl (C=O) groups excluding carboxylic acids is 2. The summed E-state index contributed by atoms with van der Waals surface area (Å²) in [4.78, 5) is 40.4. The first-order valence-electron chi connectivity index (χ1n) is 11.7. The summed E-state index contributed by atoms with van der Waals surface area (Å²) >= 11 is 11.0. The average Bonchev–Trinajstić information content (AvgIpc) is 3.54. The second-order valence-electron chi connectivity index (χ2n) is 8.47. The van der Waals surface area contributed by atoms with E-state index in [1.54, 1.807) is 18.7 Å². The summed E-state index contributed by atoms with van der Waals surface area (Å²) in [5, 5.41) is 5.20. The number of esters is 1. The average molecular weight is 600 g/mol. The van der Waals surface area contributed by atoms with Crippen LogP contribution in [0, 0.1) is 12.8 Å². The minimum Gasteiger partial charge on any atom is -0.462 e. The quantitative estimate of drug-likeness (QED) is 0.279. The molecule has 0 aromatic carbocycles. The Hall–Kier alpha value is -2.28. The normalized spacial score (nSPS) is 18.0. The van der Waals surface area contributed by atoms with E-state index in [0.717, 1.165) is 12.1 Å². The van der Waals surface area contributed by atoms with E-state index in [0.29, 0.717) is 62.8 Å². The number of aryl methyl sites for hydroxylation is 2. The molecular formula is C23H28BrClN6O4S. The number of aromatic nitrogens is 5. The lowest BCUT2D eigenvalue weighted by atomic mass is 9.88. The Labute approximate surface area is 226 Å². The molecule has 0 bridgehead atoms. The van der Waals surface area contributed by atoms with Crippen molar-refractivity contribution in [2.45, 2.75) is 39.7 Å². The summed E-state index contributed by atoms with van der Waals surface area (Å²) in [6.45, 7) is 7.56. The van der Waals surface area contributed by atoms with Crippen LogP contribution in [0.3, 0.4) is 0 Å². The standard InChI is InChI=1S/C23H28BrClN6O4S/c1-5-34-15-10-31(8-7-13(15)9-14(32)18-17(25)16(24)12(3)28-18)23-29-19(21-26-11-27-30(21)4)20(36-23)22(33)35-6-2/h11,13,15,28H,5-10H2,1-4H3/t13-,15-/m0/s1. The number of hydrogen-bond donors (Lipinski definition) is 1. The number of ether oxygens (including phenoxy) is 2. The predicted molar refractivity (Wildman–Crippen MR) is 141 cm³/mol. The maximum atomic E-state index is 13.1. The van der Waals surface area contributed by atoms with Crippen molar-refractivity contribution in [1.29, 1.82) is 0 Å². The van der Waals surface area contributed by atoms with E-state index >= 15 is 0 Å². The molecule has 4 heterocycles. The lowest BCUT2D eigenvalue weighted by Crippen LogP contribution is -2.46. The Morgan fingerprint density at radius 3 is 2.72 bits per heavy atom. The molecule has 1 saturated heterocycles. The van der Waals surface area contributed by atoms with E-state index in [-0.39, 0.29) is 24.4 Å². The summed E-state index contributed by atoms with van der Waals surface area (Å²) in [6.07, 6.45) is 2.29. The summed E-state index contributed by atoms with van der Waals surface area (Å²) in [7, 11) is 1.75. The molecule has 13 heteroatoms. The number of piperidine rings is 1. The van der Waals surface area contributed by atoms with Crippen LogP contribution in [0.5, 0.6) is 0 Å². The number of nitrogens with zero attached hydrogens (tertiary/aromatic N) is 5. The van der Waals surface area contributed by atoms with Crippen molar-refractivity contribution in [3.8, 4) is 11.5 Å². The van der Waals surface area contributed by atoms with Gasteiger partial charge in [0.2, 0.25) is 0 Å². The van der Waals surface area contributed by atoms with Crippen LogP contribution < -0.4 is 4.90 Å². The number of H-pyrrole nitrogens is 1. The molecular weight excluding hydrogens is 572 g/mol. The van der Waals surface area contributed by atoms with Gasteiger partial charge in [-0.15, -0.1) is 0 Å². The maximum absolute atomic E-state index is 13.1. The van der Waals surface area contributed by atoms with Crippen LogP contribution in [0.4, 0.5) is 5.13 Å². The second kappa shape index (κ2) is 11.4. The Morgan fingerprint density at radius 1 is 1.33 bits per heavy atom. The number of aromatic amines is 1. The first kappa shape index (κ1) is 26.8. The van der Waals surface area contributed by atoms with Crippen molar-refractivity contribution in [3.63, 3.8) is 0 Å². The lowest BCUT2D eigenvalue weighted by Gasteiger charge is -2.38. The fourth-order valence-corrected chi connectivity index (χ4v) is 5.90. The van der Waals surface area contributed by atoms with Crippen molar-refractivity contribution in [3.05, 3.63) is 32.1 Å². The number of carbonyl (C=O) groups is 2. The van der Waals surface area contributed by atoms with Gasteiger partial charge in [0.25, 0.3) is 0 Å². The molecule has 1 aliphatic heterocycles. The van der Waals surface area contributed by atoms with Gasteiger partial charge >= 0.3 is 5.97 Å². The van der Waals surface area contributed by atoms with Crippen molar-refractivity contribution >= 4 is 55.8 Å². The topological polar surface area (TPSA) is 115 Å². The van der Waals surface area contributed by atoms with Gasteiger partial charge in [0, 0.05) is 38.9 Å². The highest BCUT2D eigenvalue weighted by molar-refractivity contribution is 9.10. The van der Waals surface area contributed by atoms with Crippen LogP contribution in [0.25, 0.3) is 11.5 Å². The van der Waals surface area contributed by atoms with E-state index in [1.807, 2.05) is 13.8 Å². The molecule has 2 atom stereocenters. The monoisotopic (exact) mass is 598 g/mol. The van der Waals surface area contributed by atoms with Crippen molar-refractivity contribution in [2.75, 3.05) is 31.2 Å². The van der Waals surface area contributed by atoms with Crippen LogP contribution in [-0.2, 0) is 16.5 Å². The van der Waals surface area contributed by atoms with E-state index in [1.165, 1.54) is 17.7 Å². The molecule has 0 radical (unpaired) electrons. The van der Waals surface area contributed by atoms with Crippen LogP contribution in [0.2, 0.25) is 5.02 Å². The Balaban J connectivity index is 1.56. The second-order valence-corrected chi connectivity index (χ2v) is 10.6. The summed E-state index contributed by atoms with van der Waals surface area (Å²) < 4.78 is 13.6. The number of anilines is 1. The van der Waals surface area contributed by atoms with Crippen molar-refractivity contribution in [1.82, 2.24) is 24.7 Å². The molecule has 3 aromatic heterocycles. The fraction of sp³-hybridized carbons (Fsp3) is 0.522. The highest BCUT2D eigenvalue weighted by Gasteiger charge is 2.35. The highest BCUT2D eigenvalue weighted by Crippen LogP contribution is 2.37. The van der Waals surface area contributed by atoms with Gasteiger partial charge in [0.05, 0.1) is 22.2 Å². The van der Waals surface area contributed by atoms with Gasteiger partial charge in [0.15, 0.2) is 16.7 Å². The number of thiazole rings is 1. The first-order chi connectivity index (χ1) is 17.2. The molecule has 0 spiro atoms. The highest BCUT2D eigenvalue weighted by atomic mass is 79.9. The number of halogens is 2. The van der Waals surface area contributed by atoms with Gasteiger partial charge < -0.3 is 19.4 Å². The summed E-state index contributed by atoms with van der Waals surface area (Å²) in [5.74, 6) is 0.0345. The molecule has 10 nitrogen and oxygen atoms in total. The van der Waals surface area contributed by atoms with E-state index in [9.17, 15) is 9.59 Å². The molecule has 0 saturated carbocycles. The third-order valence-electron chi connectivity index (χ3n) is 6.13.